The van der Waals surface area contributed by atoms with E-state index in [1.807, 2.05) is 31.2 Å². The minimum Gasteiger partial charge on any atom is -0.508 e. The number of benzene rings is 2. The number of H-pyrrole nitrogens is 1. The molecule has 0 saturated carbocycles. The maximum absolute atomic E-state index is 12.3. The van der Waals surface area contributed by atoms with Crippen molar-refractivity contribution in [3.8, 4) is 22.8 Å². The van der Waals surface area contributed by atoms with Crippen molar-refractivity contribution in [1.82, 2.24) is 15.6 Å². The van der Waals surface area contributed by atoms with E-state index in [0.29, 0.717) is 29.3 Å². The summed E-state index contributed by atoms with van der Waals surface area (Å²) in [4.78, 5) is 12.3. The second-order valence-corrected chi connectivity index (χ2v) is 5.78. The van der Waals surface area contributed by atoms with Crippen LogP contribution < -0.4 is 10.2 Å². The Morgan fingerprint density at radius 2 is 2.04 bits per heavy atom. The number of carbonyl (C=O) groups is 1. The van der Waals surface area contributed by atoms with E-state index in [0.717, 1.165) is 5.56 Å². The number of amides is 1. The fourth-order valence-electron chi connectivity index (χ4n) is 2.53. The maximum atomic E-state index is 12.3. The summed E-state index contributed by atoms with van der Waals surface area (Å²) in [6.45, 7) is 4.19. The summed E-state index contributed by atoms with van der Waals surface area (Å²) in [5.74, 6) is 0.429. The minimum absolute atomic E-state index is 0.138. The molecule has 0 radical (unpaired) electrons. The number of rotatable bonds is 6. The number of nitrogens with one attached hydrogen (secondary N) is 2. The van der Waals surface area contributed by atoms with Crippen LogP contribution in [0.4, 0.5) is 0 Å². The van der Waals surface area contributed by atoms with Gasteiger partial charge in [-0.25, -0.2) is 5.43 Å². The first-order valence-electron chi connectivity index (χ1n) is 8.50. The van der Waals surface area contributed by atoms with Crippen LogP contribution in [-0.2, 0) is 0 Å². The molecule has 0 spiro atoms. The van der Waals surface area contributed by atoms with Crippen LogP contribution in [0.5, 0.6) is 11.5 Å². The zero-order valence-electron chi connectivity index (χ0n) is 15.1. The van der Waals surface area contributed by atoms with Crippen LogP contribution in [0.15, 0.2) is 59.7 Å². The fraction of sp³-hybridized carbons (Fsp3) is 0.150. The van der Waals surface area contributed by atoms with Gasteiger partial charge < -0.3 is 9.84 Å². The standard InChI is InChI=1S/C20H20N4O3/c1-3-27-19-10-5-4-9-16(19)17-12-18(23-22-17)20(26)24-21-13(2)14-7-6-8-15(25)11-14/h4-12,25H,3H2,1-2H3,(H,22,23)(H,24,26). The highest BCUT2D eigenvalue weighted by Gasteiger charge is 2.13. The van der Waals surface area contributed by atoms with Gasteiger partial charge in [-0.2, -0.15) is 10.2 Å². The number of carbonyl (C=O) groups excluding carboxylic acids is 1. The third-order valence-electron chi connectivity index (χ3n) is 3.87. The molecule has 7 heteroatoms. The Morgan fingerprint density at radius 3 is 2.81 bits per heavy atom. The number of aromatic amines is 1. The summed E-state index contributed by atoms with van der Waals surface area (Å²) < 4.78 is 5.60. The number of nitrogens with zero attached hydrogens (tertiary/aromatic N) is 2. The van der Waals surface area contributed by atoms with Gasteiger partial charge in [0.2, 0.25) is 0 Å². The highest BCUT2D eigenvalue weighted by atomic mass is 16.5. The van der Waals surface area contributed by atoms with E-state index in [9.17, 15) is 9.90 Å². The van der Waals surface area contributed by atoms with Crippen LogP contribution in [0, 0.1) is 0 Å². The molecule has 3 N–H and O–H groups in total. The van der Waals surface area contributed by atoms with Gasteiger partial charge >= 0.3 is 0 Å². The van der Waals surface area contributed by atoms with Crippen molar-refractivity contribution in [3.05, 3.63) is 65.9 Å². The van der Waals surface area contributed by atoms with E-state index < -0.39 is 5.91 Å². The van der Waals surface area contributed by atoms with Gasteiger partial charge in [0.15, 0.2) is 0 Å². The largest absolute Gasteiger partial charge is 0.508 e. The summed E-state index contributed by atoms with van der Waals surface area (Å²) in [6.07, 6.45) is 0. The normalized spacial score (nSPS) is 11.3. The quantitative estimate of drug-likeness (QED) is 0.461. The molecular formula is C20H20N4O3. The second-order valence-electron chi connectivity index (χ2n) is 5.78. The number of para-hydroxylation sites is 1. The predicted octanol–water partition coefficient (Wildman–Crippen LogP) is 3.34. The molecule has 0 bridgehead atoms. The van der Waals surface area contributed by atoms with Gasteiger partial charge in [-0.1, -0.05) is 24.3 Å². The van der Waals surface area contributed by atoms with Crippen LogP contribution in [0.25, 0.3) is 11.3 Å². The first-order chi connectivity index (χ1) is 13.1. The maximum Gasteiger partial charge on any atom is 0.289 e. The molecule has 3 aromatic rings. The molecule has 0 aliphatic rings. The van der Waals surface area contributed by atoms with Crippen molar-refractivity contribution in [2.45, 2.75) is 13.8 Å². The van der Waals surface area contributed by atoms with E-state index in [1.165, 1.54) is 0 Å². The lowest BCUT2D eigenvalue weighted by molar-refractivity contribution is 0.0950. The molecule has 2 aromatic carbocycles. The van der Waals surface area contributed by atoms with Crippen molar-refractivity contribution in [2.75, 3.05) is 6.61 Å². The Morgan fingerprint density at radius 1 is 1.22 bits per heavy atom. The summed E-state index contributed by atoms with van der Waals surface area (Å²) in [5.41, 5.74) is 5.46. The Hall–Kier alpha value is -3.61. The Kier molecular flexibility index (Phi) is 5.51. The SMILES string of the molecule is CCOc1ccccc1-c1cc(C(=O)NN=C(C)c2cccc(O)c2)[nH]n1. The van der Waals surface area contributed by atoms with Gasteiger partial charge in [0.05, 0.1) is 18.0 Å². The van der Waals surface area contributed by atoms with E-state index >= 15 is 0 Å². The zero-order chi connectivity index (χ0) is 19.2. The van der Waals surface area contributed by atoms with Gasteiger partial charge in [0.1, 0.15) is 17.2 Å². The van der Waals surface area contributed by atoms with Crippen LogP contribution in [0.2, 0.25) is 0 Å². The third kappa shape index (κ3) is 4.33. The molecular weight excluding hydrogens is 344 g/mol. The van der Waals surface area contributed by atoms with Gasteiger partial charge in [-0.3, -0.25) is 9.89 Å². The molecule has 3 rings (SSSR count). The van der Waals surface area contributed by atoms with Gasteiger partial charge in [0, 0.05) is 11.1 Å². The van der Waals surface area contributed by atoms with Crippen LogP contribution in [0.1, 0.15) is 29.9 Å². The Bertz CT molecular complexity index is 979. The van der Waals surface area contributed by atoms with Crippen molar-refractivity contribution >= 4 is 11.6 Å². The molecule has 138 valence electrons. The van der Waals surface area contributed by atoms with E-state index in [-0.39, 0.29) is 11.4 Å². The third-order valence-corrected chi connectivity index (χ3v) is 3.87. The molecule has 7 nitrogen and oxygen atoms in total. The average molecular weight is 364 g/mol. The van der Waals surface area contributed by atoms with Gasteiger partial charge in [0.25, 0.3) is 5.91 Å². The van der Waals surface area contributed by atoms with Crippen molar-refractivity contribution in [3.63, 3.8) is 0 Å². The fourth-order valence-corrected chi connectivity index (χ4v) is 2.53. The minimum atomic E-state index is -0.415. The van der Waals surface area contributed by atoms with Crippen molar-refractivity contribution in [1.29, 1.82) is 0 Å². The summed E-state index contributed by atoms with van der Waals surface area (Å²) >= 11 is 0. The summed E-state index contributed by atoms with van der Waals surface area (Å²) in [6, 6.07) is 15.8. The van der Waals surface area contributed by atoms with Crippen LogP contribution in [-0.4, -0.2) is 33.5 Å². The highest BCUT2D eigenvalue weighted by Crippen LogP contribution is 2.28. The zero-order valence-corrected chi connectivity index (χ0v) is 15.1. The van der Waals surface area contributed by atoms with E-state index in [2.05, 4.69) is 20.7 Å². The monoisotopic (exact) mass is 364 g/mol. The number of hydrogen-bond donors (Lipinski definition) is 3. The molecule has 0 atom stereocenters. The molecule has 0 unspecified atom stereocenters. The molecule has 1 amide bonds. The van der Waals surface area contributed by atoms with Crippen molar-refractivity contribution in [2.24, 2.45) is 5.10 Å². The molecule has 0 aliphatic carbocycles. The molecule has 1 heterocycles. The van der Waals surface area contributed by atoms with Crippen molar-refractivity contribution < 1.29 is 14.6 Å². The number of hydrazone groups is 1. The Balaban J connectivity index is 1.75. The molecule has 0 fully saturated rings. The average Bonchev–Trinajstić information content (AvgIpc) is 3.16. The molecule has 1 aromatic heterocycles. The number of phenols is 1. The number of hydrogen-bond acceptors (Lipinski definition) is 5. The number of aromatic nitrogens is 2. The molecule has 0 aliphatic heterocycles. The lowest BCUT2D eigenvalue weighted by atomic mass is 10.1. The lowest BCUT2D eigenvalue weighted by Gasteiger charge is -2.07. The molecule has 27 heavy (non-hydrogen) atoms. The van der Waals surface area contributed by atoms with Gasteiger partial charge in [-0.05, 0) is 44.2 Å². The lowest BCUT2D eigenvalue weighted by Crippen LogP contribution is -2.19. The number of aromatic hydroxyl groups is 1. The van der Waals surface area contributed by atoms with E-state index in [1.54, 1.807) is 37.3 Å². The highest BCUT2D eigenvalue weighted by molar-refractivity contribution is 6.00. The van der Waals surface area contributed by atoms with E-state index in [4.69, 9.17) is 4.74 Å². The van der Waals surface area contributed by atoms with Gasteiger partial charge in [-0.15, -0.1) is 0 Å². The summed E-state index contributed by atoms with van der Waals surface area (Å²) in [7, 11) is 0. The number of ether oxygens (including phenoxy) is 1. The number of phenolic OH excluding ortho intramolecular Hbond substituents is 1. The van der Waals surface area contributed by atoms with Crippen LogP contribution in [0.3, 0.4) is 0 Å². The Labute approximate surface area is 156 Å². The molecule has 0 saturated heterocycles. The first-order valence-corrected chi connectivity index (χ1v) is 8.50. The second kappa shape index (κ2) is 8.18. The van der Waals surface area contributed by atoms with Crippen LogP contribution >= 0.6 is 0 Å². The topological polar surface area (TPSA) is 99.6 Å². The first kappa shape index (κ1) is 18.2. The summed E-state index contributed by atoms with van der Waals surface area (Å²) in [5, 5.41) is 20.5. The predicted molar refractivity (Wildman–Crippen MR) is 103 cm³/mol. The smallest absolute Gasteiger partial charge is 0.289 e.